The third-order valence-corrected chi connectivity index (χ3v) is 4.17. The smallest absolute Gasteiger partial charge is 0.423 e. The van der Waals surface area contributed by atoms with Crippen LogP contribution in [0, 0.1) is 13.8 Å². The van der Waals surface area contributed by atoms with Crippen molar-refractivity contribution in [2.24, 2.45) is 0 Å². The van der Waals surface area contributed by atoms with Gasteiger partial charge in [-0.3, -0.25) is 0 Å². The molecular weight excluding hydrogens is 267 g/mol. The lowest BCUT2D eigenvalue weighted by molar-refractivity contribution is 0.426. The number of hydrogen-bond donors (Lipinski definition) is 2. The Morgan fingerprint density at radius 3 is 1.95 bits per heavy atom. The highest BCUT2D eigenvalue weighted by molar-refractivity contribution is 7.97. The Bertz CT molecular complexity index is 547. The molecule has 0 aliphatic carbocycles. The summed E-state index contributed by atoms with van der Waals surface area (Å²) in [5.41, 5.74) is 5.70. The van der Waals surface area contributed by atoms with Gasteiger partial charge in [0, 0.05) is 11.5 Å². The van der Waals surface area contributed by atoms with Gasteiger partial charge in [-0.25, -0.2) is 0 Å². The Morgan fingerprint density at radius 1 is 0.850 bits per heavy atom. The molecule has 2 rings (SSSR count). The molecule has 2 aromatic carbocycles. The van der Waals surface area contributed by atoms with Gasteiger partial charge >= 0.3 is 7.12 Å². The molecule has 0 radical (unpaired) electrons. The highest BCUT2D eigenvalue weighted by Gasteiger charge is 2.09. The molecule has 0 spiro atoms. The predicted octanol–water partition coefficient (Wildman–Crippen LogP) is 2.42. The molecule has 0 aliphatic heterocycles. The Kier molecular flexibility index (Phi) is 5.29. The van der Waals surface area contributed by atoms with Crippen molar-refractivity contribution in [3.8, 4) is 0 Å². The van der Waals surface area contributed by atoms with Crippen molar-refractivity contribution in [3.63, 3.8) is 0 Å². The molecule has 0 atom stereocenters. The topological polar surface area (TPSA) is 40.5 Å². The maximum atomic E-state index is 9.04. The molecule has 0 saturated heterocycles. The van der Waals surface area contributed by atoms with Crippen LogP contribution >= 0.6 is 11.8 Å². The molecule has 0 unspecified atom stereocenters. The second-order valence-electron chi connectivity index (χ2n) is 5.10. The van der Waals surface area contributed by atoms with Gasteiger partial charge in [0.25, 0.3) is 0 Å². The minimum absolute atomic E-state index is 0.535. The van der Waals surface area contributed by atoms with E-state index in [1.807, 2.05) is 23.9 Å². The van der Waals surface area contributed by atoms with Crippen molar-refractivity contribution >= 4 is 24.3 Å². The van der Waals surface area contributed by atoms with E-state index < -0.39 is 7.12 Å². The van der Waals surface area contributed by atoms with Crippen LogP contribution in [0.25, 0.3) is 0 Å². The normalized spacial score (nSPS) is 10.6. The van der Waals surface area contributed by atoms with Gasteiger partial charge in [-0.2, -0.15) is 11.8 Å². The van der Waals surface area contributed by atoms with Crippen LogP contribution in [-0.2, 0) is 11.5 Å². The predicted molar refractivity (Wildman–Crippen MR) is 87.2 cm³/mol. The average molecular weight is 286 g/mol. The average Bonchev–Trinajstić information content (AvgIpc) is 2.38. The van der Waals surface area contributed by atoms with Gasteiger partial charge in [0.05, 0.1) is 0 Å². The van der Waals surface area contributed by atoms with Crippen molar-refractivity contribution in [1.29, 1.82) is 0 Å². The van der Waals surface area contributed by atoms with Crippen LogP contribution in [0.15, 0.2) is 42.5 Å². The summed E-state index contributed by atoms with van der Waals surface area (Å²) in [6, 6.07) is 14.1. The van der Waals surface area contributed by atoms with E-state index >= 15 is 0 Å². The summed E-state index contributed by atoms with van der Waals surface area (Å²) < 4.78 is 0. The van der Waals surface area contributed by atoms with Crippen molar-refractivity contribution in [3.05, 3.63) is 64.7 Å². The lowest BCUT2D eigenvalue weighted by Gasteiger charge is -2.06. The van der Waals surface area contributed by atoms with Gasteiger partial charge in [0.15, 0.2) is 0 Å². The fraction of sp³-hybridized carbons (Fsp3) is 0.250. The van der Waals surface area contributed by atoms with Crippen molar-refractivity contribution in [2.45, 2.75) is 25.4 Å². The van der Waals surface area contributed by atoms with Gasteiger partial charge < -0.3 is 10.0 Å². The van der Waals surface area contributed by atoms with Gasteiger partial charge in [-0.1, -0.05) is 53.6 Å². The van der Waals surface area contributed by atoms with Crippen LogP contribution in [0.1, 0.15) is 22.3 Å². The standard InChI is InChI=1S/C16H19BO2S/c1-12-7-13(2)9-15(8-12)11-20-10-14-3-5-16(6-4-14)17(18)19/h3-9,18-19H,10-11H2,1-2H3. The number of thioether (sulfide) groups is 1. The molecule has 0 aromatic heterocycles. The number of rotatable bonds is 5. The monoisotopic (exact) mass is 286 g/mol. The van der Waals surface area contributed by atoms with Crippen LogP contribution in [0.3, 0.4) is 0 Å². The highest BCUT2D eigenvalue weighted by Crippen LogP contribution is 2.19. The number of aryl methyl sites for hydroxylation is 2. The third-order valence-electron chi connectivity index (χ3n) is 3.10. The molecule has 0 amide bonds. The summed E-state index contributed by atoms with van der Waals surface area (Å²) in [5, 5.41) is 18.1. The molecule has 0 fully saturated rings. The Morgan fingerprint density at radius 2 is 1.40 bits per heavy atom. The molecule has 0 heterocycles. The minimum Gasteiger partial charge on any atom is -0.423 e. The Labute approximate surface area is 125 Å². The first-order valence-corrected chi connectivity index (χ1v) is 7.80. The Hall–Kier alpha value is -1.23. The zero-order valence-corrected chi connectivity index (χ0v) is 12.7. The zero-order valence-electron chi connectivity index (χ0n) is 11.8. The van der Waals surface area contributed by atoms with Crippen LogP contribution in [-0.4, -0.2) is 17.2 Å². The molecule has 2 N–H and O–H groups in total. The SMILES string of the molecule is Cc1cc(C)cc(CSCc2ccc(B(O)O)cc2)c1. The van der Waals surface area contributed by atoms with Gasteiger partial charge in [0.2, 0.25) is 0 Å². The van der Waals surface area contributed by atoms with Crippen molar-refractivity contribution in [1.82, 2.24) is 0 Å². The van der Waals surface area contributed by atoms with E-state index in [0.717, 1.165) is 11.5 Å². The lowest BCUT2D eigenvalue weighted by atomic mass is 9.80. The van der Waals surface area contributed by atoms with Crippen molar-refractivity contribution < 1.29 is 10.0 Å². The highest BCUT2D eigenvalue weighted by atomic mass is 32.2. The van der Waals surface area contributed by atoms with Crippen LogP contribution in [0.5, 0.6) is 0 Å². The molecule has 104 valence electrons. The van der Waals surface area contributed by atoms with E-state index in [0.29, 0.717) is 5.46 Å². The molecule has 0 bridgehead atoms. The summed E-state index contributed by atoms with van der Waals surface area (Å²) in [5.74, 6) is 1.92. The minimum atomic E-state index is -1.38. The molecule has 2 aromatic rings. The molecule has 0 saturated carbocycles. The maximum Gasteiger partial charge on any atom is 0.488 e. The van der Waals surface area contributed by atoms with Crippen molar-refractivity contribution in [2.75, 3.05) is 0 Å². The fourth-order valence-electron chi connectivity index (χ4n) is 2.23. The first kappa shape index (κ1) is 15.2. The van der Waals surface area contributed by atoms with E-state index in [1.165, 1.54) is 22.3 Å². The van der Waals surface area contributed by atoms with Crippen LogP contribution in [0.2, 0.25) is 0 Å². The number of hydrogen-bond acceptors (Lipinski definition) is 3. The Balaban J connectivity index is 1.89. The fourth-order valence-corrected chi connectivity index (χ4v) is 3.16. The number of benzene rings is 2. The maximum absolute atomic E-state index is 9.04. The van der Waals surface area contributed by atoms with Gasteiger partial charge in [-0.05, 0) is 30.4 Å². The van der Waals surface area contributed by atoms with E-state index in [-0.39, 0.29) is 0 Å². The summed E-state index contributed by atoms with van der Waals surface area (Å²) >= 11 is 1.87. The van der Waals surface area contributed by atoms with E-state index in [1.54, 1.807) is 12.1 Å². The van der Waals surface area contributed by atoms with Crippen LogP contribution < -0.4 is 5.46 Å². The van der Waals surface area contributed by atoms with Crippen LogP contribution in [0.4, 0.5) is 0 Å². The summed E-state index contributed by atoms with van der Waals surface area (Å²) in [6.07, 6.45) is 0. The first-order valence-electron chi connectivity index (χ1n) is 6.64. The second-order valence-corrected chi connectivity index (χ2v) is 6.09. The summed E-state index contributed by atoms with van der Waals surface area (Å²) in [6.45, 7) is 4.25. The lowest BCUT2D eigenvalue weighted by Crippen LogP contribution is -2.29. The van der Waals surface area contributed by atoms with E-state index in [4.69, 9.17) is 10.0 Å². The first-order chi connectivity index (χ1) is 9.54. The van der Waals surface area contributed by atoms with E-state index in [9.17, 15) is 0 Å². The molecule has 4 heteroatoms. The zero-order chi connectivity index (χ0) is 14.5. The quantitative estimate of drug-likeness (QED) is 0.829. The summed E-state index contributed by atoms with van der Waals surface area (Å²) in [4.78, 5) is 0. The third kappa shape index (κ3) is 4.41. The molecule has 2 nitrogen and oxygen atoms in total. The van der Waals surface area contributed by atoms with Gasteiger partial charge in [0.1, 0.15) is 0 Å². The second kappa shape index (κ2) is 6.98. The largest absolute Gasteiger partial charge is 0.488 e. The van der Waals surface area contributed by atoms with Gasteiger partial charge in [-0.15, -0.1) is 0 Å². The van der Waals surface area contributed by atoms with E-state index in [2.05, 4.69) is 32.0 Å². The molecular formula is C16H19BO2S. The molecule has 0 aliphatic rings. The molecule has 20 heavy (non-hydrogen) atoms. The summed E-state index contributed by atoms with van der Waals surface area (Å²) in [7, 11) is -1.38.